The van der Waals surface area contributed by atoms with E-state index in [-0.39, 0.29) is 0 Å². The minimum atomic E-state index is 0.836. The smallest absolute Gasteiger partial charge is 0.0325 e. The van der Waals surface area contributed by atoms with Crippen LogP contribution in [0, 0.1) is 5.92 Å². The molecule has 0 rings (SSSR count). The van der Waals surface area contributed by atoms with Crippen LogP contribution >= 0.6 is 0 Å². The van der Waals surface area contributed by atoms with E-state index in [9.17, 15) is 0 Å². The zero-order chi connectivity index (χ0) is 8.53. The van der Waals surface area contributed by atoms with E-state index in [2.05, 4.69) is 45.1 Å². The first-order chi connectivity index (χ1) is 5.31. The Morgan fingerprint density at radius 1 is 1.09 bits per heavy atom. The van der Waals surface area contributed by atoms with Crippen LogP contribution in [0.1, 0.15) is 40.0 Å². The highest BCUT2D eigenvalue weighted by Gasteiger charge is 1.95. The molecule has 0 aromatic rings. The van der Waals surface area contributed by atoms with E-state index in [1.807, 2.05) is 0 Å². The van der Waals surface area contributed by atoms with Crippen molar-refractivity contribution in [2.24, 2.45) is 5.92 Å². The lowest BCUT2D eigenvalue weighted by atomic mass is 10.0. The molecule has 0 heteroatoms. The van der Waals surface area contributed by atoms with Crippen LogP contribution in [-0.2, 0) is 0 Å². The lowest BCUT2D eigenvalue weighted by Crippen LogP contribution is -1.90. The van der Waals surface area contributed by atoms with Gasteiger partial charge in [0.1, 0.15) is 0 Å². The molecule has 0 fully saturated rings. The van der Waals surface area contributed by atoms with Crippen molar-refractivity contribution in [2.75, 3.05) is 0 Å². The van der Waals surface area contributed by atoms with E-state index in [1.165, 1.54) is 19.3 Å². The SMILES string of the molecule is C/C=C/CCC(C)C/C=C/C. The average molecular weight is 152 g/mol. The summed E-state index contributed by atoms with van der Waals surface area (Å²) < 4.78 is 0. The second-order valence-corrected chi connectivity index (χ2v) is 3.06. The van der Waals surface area contributed by atoms with Gasteiger partial charge >= 0.3 is 0 Å². The first-order valence-electron chi connectivity index (χ1n) is 4.53. The van der Waals surface area contributed by atoms with Gasteiger partial charge in [-0.05, 0) is 39.0 Å². The van der Waals surface area contributed by atoms with Gasteiger partial charge < -0.3 is 0 Å². The summed E-state index contributed by atoms with van der Waals surface area (Å²) in [6.45, 7) is 6.47. The Balaban J connectivity index is 3.29. The third-order valence-corrected chi connectivity index (χ3v) is 1.84. The van der Waals surface area contributed by atoms with Gasteiger partial charge in [-0.15, -0.1) is 0 Å². The molecule has 1 unspecified atom stereocenters. The molecule has 0 aromatic heterocycles. The fraction of sp³-hybridized carbons (Fsp3) is 0.636. The van der Waals surface area contributed by atoms with E-state index in [4.69, 9.17) is 0 Å². The quantitative estimate of drug-likeness (QED) is 0.523. The van der Waals surface area contributed by atoms with Gasteiger partial charge in [0, 0.05) is 0 Å². The van der Waals surface area contributed by atoms with Crippen LogP contribution in [0.25, 0.3) is 0 Å². The normalized spacial score (nSPS) is 14.8. The highest BCUT2D eigenvalue weighted by molar-refractivity contribution is 4.81. The van der Waals surface area contributed by atoms with Crippen molar-refractivity contribution in [3.05, 3.63) is 24.3 Å². The Morgan fingerprint density at radius 2 is 1.73 bits per heavy atom. The van der Waals surface area contributed by atoms with Crippen LogP contribution < -0.4 is 0 Å². The fourth-order valence-corrected chi connectivity index (χ4v) is 1.03. The molecule has 0 nitrogen and oxygen atoms in total. The number of hydrogen-bond acceptors (Lipinski definition) is 0. The zero-order valence-corrected chi connectivity index (χ0v) is 8.01. The van der Waals surface area contributed by atoms with Gasteiger partial charge in [-0.1, -0.05) is 31.2 Å². The summed E-state index contributed by atoms with van der Waals surface area (Å²) >= 11 is 0. The molecule has 0 bridgehead atoms. The summed E-state index contributed by atoms with van der Waals surface area (Å²) in [5.41, 5.74) is 0. The molecule has 0 N–H and O–H groups in total. The average Bonchev–Trinajstić information content (AvgIpc) is 2.01. The van der Waals surface area contributed by atoms with Crippen LogP contribution in [0.3, 0.4) is 0 Å². The molecule has 0 spiro atoms. The van der Waals surface area contributed by atoms with Gasteiger partial charge in [-0.25, -0.2) is 0 Å². The lowest BCUT2D eigenvalue weighted by Gasteiger charge is -2.04. The highest BCUT2D eigenvalue weighted by atomic mass is 14.0. The fourth-order valence-electron chi connectivity index (χ4n) is 1.03. The first kappa shape index (κ1) is 10.5. The molecule has 0 saturated carbocycles. The van der Waals surface area contributed by atoms with Gasteiger partial charge in [-0.3, -0.25) is 0 Å². The van der Waals surface area contributed by atoms with Crippen molar-refractivity contribution in [1.82, 2.24) is 0 Å². The molecular weight excluding hydrogens is 132 g/mol. The maximum absolute atomic E-state index is 2.31. The van der Waals surface area contributed by atoms with Crippen molar-refractivity contribution in [2.45, 2.75) is 40.0 Å². The maximum atomic E-state index is 2.31. The van der Waals surface area contributed by atoms with E-state index in [0.717, 1.165) is 5.92 Å². The van der Waals surface area contributed by atoms with Crippen LogP contribution in [0.2, 0.25) is 0 Å². The van der Waals surface area contributed by atoms with Crippen LogP contribution in [-0.4, -0.2) is 0 Å². The zero-order valence-electron chi connectivity index (χ0n) is 8.01. The van der Waals surface area contributed by atoms with Crippen molar-refractivity contribution in [3.63, 3.8) is 0 Å². The molecule has 0 aliphatic heterocycles. The van der Waals surface area contributed by atoms with Gasteiger partial charge in [0.15, 0.2) is 0 Å². The third-order valence-electron chi connectivity index (χ3n) is 1.84. The molecule has 11 heavy (non-hydrogen) atoms. The van der Waals surface area contributed by atoms with Crippen molar-refractivity contribution in [1.29, 1.82) is 0 Å². The number of allylic oxidation sites excluding steroid dienone is 4. The molecule has 0 aromatic carbocycles. The summed E-state index contributed by atoms with van der Waals surface area (Å²) in [5.74, 6) is 0.836. The summed E-state index contributed by atoms with van der Waals surface area (Å²) in [5, 5.41) is 0. The summed E-state index contributed by atoms with van der Waals surface area (Å²) in [6.07, 6.45) is 12.5. The van der Waals surface area contributed by atoms with Crippen molar-refractivity contribution >= 4 is 0 Å². The molecular formula is C11H20. The molecule has 1 atom stereocenters. The third kappa shape index (κ3) is 7.38. The molecule has 0 heterocycles. The second kappa shape index (κ2) is 7.59. The van der Waals surface area contributed by atoms with Crippen LogP contribution in [0.15, 0.2) is 24.3 Å². The van der Waals surface area contributed by atoms with Crippen LogP contribution in [0.5, 0.6) is 0 Å². The first-order valence-corrected chi connectivity index (χ1v) is 4.53. The lowest BCUT2D eigenvalue weighted by molar-refractivity contribution is 0.546. The monoisotopic (exact) mass is 152 g/mol. The van der Waals surface area contributed by atoms with Gasteiger partial charge in [0.2, 0.25) is 0 Å². The van der Waals surface area contributed by atoms with Gasteiger partial charge in [-0.2, -0.15) is 0 Å². The summed E-state index contributed by atoms with van der Waals surface area (Å²) in [6, 6.07) is 0. The minimum absolute atomic E-state index is 0.836. The number of hydrogen-bond donors (Lipinski definition) is 0. The maximum Gasteiger partial charge on any atom is -0.0325 e. The van der Waals surface area contributed by atoms with E-state index in [1.54, 1.807) is 0 Å². The predicted octanol–water partition coefficient (Wildman–Crippen LogP) is 3.95. The summed E-state index contributed by atoms with van der Waals surface area (Å²) in [4.78, 5) is 0. The van der Waals surface area contributed by atoms with Crippen LogP contribution in [0.4, 0.5) is 0 Å². The van der Waals surface area contributed by atoms with Crippen molar-refractivity contribution < 1.29 is 0 Å². The van der Waals surface area contributed by atoms with E-state index < -0.39 is 0 Å². The molecule has 0 saturated heterocycles. The topological polar surface area (TPSA) is 0 Å². The number of rotatable bonds is 5. The molecule has 0 radical (unpaired) electrons. The Hall–Kier alpha value is -0.520. The largest absolute Gasteiger partial charge is 0.0917 e. The Labute approximate surface area is 71.0 Å². The van der Waals surface area contributed by atoms with E-state index in [0.29, 0.717) is 0 Å². The highest BCUT2D eigenvalue weighted by Crippen LogP contribution is 2.10. The second-order valence-electron chi connectivity index (χ2n) is 3.06. The molecule has 0 aliphatic carbocycles. The standard InChI is InChI=1S/C11H20/c1-4-6-8-10-11(3)9-7-5-2/h4-7,11H,8-10H2,1-3H3/b6-4+,7-5+. The predicted molar refractivity (Wildman–Crippen MR) is 52.6 cm³/mol. The molecule has 64 valence electrons. The van der Waals surface area contributed by atoms with Gasteiger partial charge in [0.25, 0.3) is 0 Å². The summed E-state index contributed by atoms with van der Waals surface area (Å²) in [7, 11) is 0. The Kier molecular flexibility index (Phi) is 7.23. The minimum Gasteiger partial charge on any atom is -0.0917 e. The van der Waals surface area contributed by atoms with Crippen molar-refractivity contribution in [3.8, 4) is 0 Å². The molecule has 0 aliphatic rings. The Morgan fingerprint density at radius 3 is 2.27 bits per heavy atom. The molecule has 0 amide bonds. The van der Waals surface area contributed by atoms with E-state index >= 15 is 0 Å². The Bertz CT molecular complexity index is 120. The van der Waals surface area contributed by atoms with Gasteiger partial charge in [0.05, 0.1) is 0 Å².